The van der Waals surface area contributed by atoms with Crippen molar-refractivity contribution in [2.75, 3.05) is 33.2 Å². The molecule has 0 aromatic rings. The van der Waals surface area contributed by atoms with Crippen LogP contribution in [0, 0.1) is 12.3 Å². The van der Waals surface area contributed by atoms with Crippen molar-refractivity contribution in [3.8, 4) is 12.3 Å². The highest BCUT2D eigenvalue weighted by Crippen LogP contribution is 2.05. The predicted molar refractivity (Wildman–Crippen MR) is 60.4 cm³/mol. The van der Waals surface area contributed by atoms with E-state index in [9.17, 15) is 4.79 Å². The van der Waals surface area contributed by atoms with Crippen LogP contribution in [0.4, 0.5) is 0 Å². The van der Waals surface area contributed by atoms with Crippen molar-refractivity contribution in [3.05, 3.63) is 0 Å². The maximum atomic E-state index is 11.3. The molecule has 0 aromatic heterocycles. The van der Waals surface area contributed by atoms with Crippen LogP contribution in [0.1, 0.15) is 12.8 Å². The summed E-state index contributed by atoms with van der Waals surface area (Å²) in [7, 11) is 1.95. The van der Waals surface area contributed by atoms with Gasteiger partial charge >= 0.3 is 0 Å². The summed E-state index contributed by atoms with van der Waals surface area (Å²) in [6.45, 7) is 2.75. The highest BCUT2D eigenvalue weighted by atomic mass is 16.1. The summed E-state index contributed by atoms with van der Waals surface area (Å²) in [6.07, 6.45) is 7.49. The molecule has 1 rings (SSSR count). The van der Waals surface area contributed by atoms with Crippen molar-refractivity contribution < 1.29 is 4.79 Å². The number of amides is 1. The minimum absolute atomic E-state index is 0.00607. The molecule has 1 aliphatic heterocycles. The summed E-state index contributed by atoms with van der Waals surface area (Å²) in [5.41, 5.74) is 0. The summed E-state index contributed by atoms with van der Waals surface area (Å²) in [4.78, 5) is 13.3. The first-order chi connectivity index (χ1) is 7.22. The molecule has 84 valence electrons. The van der Waals surface area contributed by atoms with Gasteiger partial charge in [-0.2, -0.15) is 0 Å². The Hall–Kier alpha value is -1.05. The van der Waals surface area contributed by atoms with Crippen LogP contribution in [0.3, 0.4) is 0 Å². The lowest BCUT2D eigenvalue weighted by atomic mass is 10.2. The normalized spacial score (nSPS) is 20.2. The van der Waals surface area contributed by atoms with Gasteiger partial charge in [0.15, 0.2) is 0 Å². The first-order valence-corrected chi connectivity index (χ1v) is 5.34. The molecule has 0 aliphatic carbocycles. The van der Waals surface area contributed by atoms with E-state index in [1.807, 2.05) is 11.9 Å². The molecule has 4 heteroatoms. The third-order valence-electron chi connectivity index (χ3n) is 2.50. The summed E-state index contributed by atoms with van der Waals surface area (Å²) in [6, 6.07) is 0.537. The summed E-state index contributed by atoms with van der Waals surface area (Å²) >= 11 is 0. The number of nitrogens with one attached hydrogen (secondary N) is 2. The lowest BCUT2D eigenvalue weighted by Crippen LogP contribution is -2.41. The molecule has 2 N–H and O–H groups in total. The smallest absolute Gasteiger partial charge is 0.234 e. The third-order valence-corrected chi connectivity index (χ3v) is 2.50. The Labute approximate surface area is 91.4 Å². The quantitative estimate of drug-likeness (QED) is 0.595. The molecule has 1 unspecified atom stereocenters. The first kappa shape index (κ1) is 12.0. The van der Waals surface area contributed by atoms with Crippen LogP contribution in [-0.4, -0.2) is 50.1 Å². The molecule has 1 atom stereocenters. The molecule has 15 heavy (non-hydrogen) atoms. The fraction of sp³-hybridized carbons (Fsp3) is 0.727. The molecule has 1 aliphatic rings. The van der Waals surface area contributed by atoms with Crippen LogP contribution in [0.15, 0.2) is 0 Å². The zero-order valence-corrected chi connectivity index (χ0v) is 9.25. The van der Waals surface area contributed by atoms with E-state index in [4.69, 9.17) is 6.42 Å². The SMILES string of the molecule is C#CCNC(=O)CN(C)CC1CCCN1. The molecule has 1 heterocycles. The van der Waals surface area contributed by atoms with Crippen LogP contribution in [0.25, 0.3) is 0 Å². The van der Waals surface area contributed by atoms with Gasteiger partial charge in [0.05, 0.1) is 13.1 Å². The first-order valence-electron chi connectivity index (χ1n) is 5.34. The number of rotatable bonds is 5. The van der Waals surface area contributed by atoms with Crippen LogP contribution >= 0.6 is 0 Å². The number of hydrogen-bond acceptors (Lipinski definition) is 3. The molecule has 0 spiro atoms. The predicted octanol–water partition coefficient (Wildman–Crippen LogP) is -0.580. The van der Waals surface area contributed by atoms with Crippen molar-refractivity contribution >= 4 is 5.91 Å². The maximum absolute atomic E-state index is 11.3. The summed E-state index contributed by atoms with van der Waals surface area (Å²) < 4.78 is 0. The number of carbonyl (C=O) groups is 1. The number of hydrogen-bond donors (Lipinski definition) is 2. The molecule has 1 fully saturated rings. The molecule has 4 nitrogen and oxygen atoms in total. The minimum atomic E-state index is -0.00607. The Morgan fingerprint density at radius 2 is 2.53 bits per heavy atom. The lowest BCUT2D eigenvalue weighted by Gasteiger charge is -2.20. The number of carbonyl (C=O) groups excluding carboxylic acids is 1. The average Bonchev–Trinajstić information content (AvgIpc) is 2.67. The van der Waals surface area contributed by atoms with E-state index in [1.165, 1.54) is 12.8 Å². The minimum Gasteiger partial charge on any atom is -0.344 e. The lowest BCUT2D eigenvalue weighted by molar-refractivity contribution is -0.121. The van der Waals surface area contributed by atoms with Gasteiger partial charge in [0.1, 0.15) is 0 Å². The van der Waals surface area contributed by atoms with Gasteiger partial charge in [0, 0.05) is 12.6 Å². The standard InChI is InChI=1S/C11H19N3O/c1-3-6-13-11(15)9-14(2)8-10-5-4-7-12-10/h1,10,12H,4-9H2,2H3,(H,13,15). The second-order valence-corrected chi connectivity index (χ2v) is 3.97. The Bertz CT molecular complexity index is 241. The highest BCUT2D eigenvalue weighted by molar-refractivity contribution is 5.78. The van der Waals surface area contributed by atoms with Crippen molar-refractivity contribution in [1.29, 1.82) is 0 Å². The van der Waals surface area contributed by atoms with Crippen molar-refractivity contribution in [1.82, 2.24) is 15.5 Å². The van der Waals surface area contributed by atoms with Crippen LogP contribution in [0.5, 0.6) is 0 Å². The Balaban J connectivity index is 2.14. The monoisotopic (exact) mass is 209 g/mol. The van der Waals surface area contributed by atoms with E-state index >= 15 is 0 Å². The average molecular weight is 209 g/mol. The molecule has 1 amide bonds. The molecular weight excluding hydrogens is 190 g/mol. The van der Waals surface area contributed by atoms with Gasteiger partial charge in [0.25, 0.3) is 0 Å². The third kappa shape index (κ3) is 4.82. The van der Waals surface area contributed by atoms with Crippen LogP contribution in [-0.2, 0) is 4.79 Å². The molecular formula is C11H19N3O. The van der Waals surface area contributed by atoms with E-state index < -0.39 is 0 Å². The molecule has 0 aromatic carbocycles. The zero-order valence-electron chi connectivity index (χ0n) is 9.25. The van der Waals surface area contributed by atoms with Gasteiger partial charge in [-0.05, 0) is 26.4 Å². The number of nitrogens with zero attached hydrogens (tertiary/aromatic N) is 1. The maximum Gasteiger partial charge on any atom is 0.234 e. The van der Waals surface area contributed by atoms with Gasteiger partial charge < -0.3 is 10.6 Å². The van der Waals surface area contributed by atoms with Gasteiger partial charge in [-0.1, -0.05) is 5.92 Å². The van der Waals surface area contributed by atoms with E-state index in [0.717, 1.165) is 13.1 Å². The number of likely N-dealkylation sites (N-methyl/N-ethyl adjacent to an activating group) is 1. The second kappa shape index (κ2) is 6.44. The Kier molecular flexibility index (Phi) is 5.16. The van der Waals surface area contributed by atoms with Gasteiger partial charge in [0.2, 0.25) is 5.91 Å². The number of terminal acetylenes is 1. The van der Waals surface area contributed by atoms with Crippen molar-refractivity contribution in [2.24, 2.45) is 0 Å². The van der Waals surface area contributed by atoms with Gasteiger partial charge in [-0.3, -0.25) is 9.69 Å². The second-order valence-electron chi connectivity index (χ2n) is 3.97. The summed E-state index contributed by atoms with van der Waals surface area (Å²) in [5, 5.41) is 6.05. The topological polar surface area (TPSA) is 44.4 Å². The molecule has 0 saturated carbocycles. The fourth-order valence-electron chi connectivity index (χ4n) is 1.80. The highest BCUT2D eigenvalue weighted by Gasteiger charge is 2.16. The van der Waals surface area contributed by atoms with E-state index in [-0.39, 0.29) is 5.91 Å². The van der Waals surface area contributed by atoms with E-state index in [2.05, 4.69) is 16.6 Å². The molecule has 0 bridgehead atoms. The van der Waals surface area contributed by atoms with E-state index in [1.54, 1.807) is 0 Å². The largest absolute Gasteiger partial charge is 0.344 e. The van der Waals surface area contributed by atoms with E-state index in [0.29, 0.717) is 19.1 Å². The molecule has 1 saturated heterocycles. The van der Waals surface area contributed by atoms with Crippen molar-refractivity contribution in [2.45, 2.75) is 18.9 Å². The Morgan fingerprint density at radius 1 is 1.73 bits per heavy atom. The van der Waals surface area contributed by atoms with Crippen molar-refractivity contribution in [3.63, 3.8) is 0 Å². The van der Waals surface area contributed by atoms with Gasteiger partial charge in [-0.25, -0.2) is 0 Å². The summed E-state index contributed by atoms with van der Waals surface area (Å²) in [5.74, 6) is 2.38. The van der Waals surface area contributed by atoms with Gasteiger partial charge in [-0.15, -0.1) is 6.42 Å². The molecule has 0 radical (unpaired) electrons. The van der Waals surface area contributed by atoms with Crippen LogP contribution < -0.4 is 10.6 Å². The zero-order chi connectivity index (χ0) is 11.1. The van der Waals surface area contributed by atoms with Crippen LogP contribution in [0.2, 0.25) is 0 Å². The fourth-order valence-corrected chi connectivity index (χ4v) is 1.80. The Morgan fingerprint density at radius 3 is 3.13 bits per heavy atom.